The van der Waals surface area contributed by atoms with E-state index in [9.17, 15) is 13.9 Å². The van der Waals surface area contributed by atoms with Gasteiger partial charge in [-0.25, -0.2) is 13.5 Å². The van der Waals surface area contributed by atoms with Gasteiger partial charge in [-0.1, -0.05) is 11.6 Å². The minimum absolute atomic E-state index is 0.165. The van der Waals surface area contributed by atoms with Gasteiger partial charge in [0.2, 0.25) is 0 Å². The highest BCUT2D eigenvalue weighted by Gasteiger charge is 2.13. The van der Waals surface area contributed by atoms with Crippen LogP contribution in [0.1, 0.15) is 11.4 Å². The van der Waals surface area contributed by atoms with E-state index >= 15 is 0 Å². The van der Waals surface area contributed by atoms with Crippen molar-refractivity contribution in [2.75, 3.05) is 5.73 Å². The highest BCUT2D eigenvalue weighted by Crippen LogP contribution is 2.27. The molecule has 0 aliphatic heterocycles. The quantitative estimate of drug-likeness (QED) is 0.446. The van der Waals surface area contributed by atoms with Crippen molar-refractivity contribution in [3.05, 3.63) is 64.4 Å². The van der Waals surface area contributed by atoms with Crippen LogP contribution in [0.25, 0.3) is 5.69 Å². The Morgan fingerprint density at radius 2 is 1.56 bits per heavy atom. The second-order valence-electron chi connectivity index (χ2n) is 5.23. The van der Waals surface area contributed by atoms with E-state index in [2.05, 4.69) is 5.10 Å². The Labute approximate surface area is 147 Å². The van der Waals surface area contributed by atoms with E-state index in [1.807, 2.05) is 0 Å². The maximum Gasteiger partial charge on any atom is 0.144 e. The normalized spacial score (nSPS) is 10.3. The van der Waals surface area contributed by atoms with Crippen molar-refractivity contribution in [3.8, 4) is 17.2 Å². The fourth-order valence-electron chi connectivity index (χ4n) is 2.05. The molecule has 8 heteroatoms. The summed E-state index contributed by atoms with van der Waals surface area (Å²) < 4.78 is 26.5. The molecule has 0 aliphatic carbocycles. The number of phenols is 2. The van der Waals surface area contributed by atoms with E-state index in [1.54, 1.807) is 13.8 Å². The summed E-state index contributed by atoms with van der Waals surface area (Å²) in [6.45, 7) is 3.55. The zero-order chi connectivity index (χ0) is 18.7. The molecule has 0 saturated heterocycles. The summed E-state index contributed by atoms with van der Waals surface area (Å²) in [4.78, 5) is 0. The first-order chi connectivity index (χ1) is 11.7. The van der Waals surface area contributed by atoms with Gasteiger partial charge in [0.25, 0.3) is 0 Å². The van der Waals surface area contributed by atoms with E-state index in [1.165, 1.54) is 28.9 Å². The summed E-state index contributed by atoms with van der Waals surface area (Å²) in [7, 11) is 0. The van der Waals surface area contributed by atoms with Crippen molar-refractivity contribution in [1.82, 2.24) is 9.78 Å². The Bertz CT molecular complexity index is 913. The summed E-state index contributed by atoms with van der Waals surface area (Å²) in [5, 5.41) is 23.1. The predicted molar refractivity (Wildman–Crippen MR) is 92.1 cm³/mol. The van der Waals surface area contributed by atoms with Crippen LogP contribution < -0.4 is 5.73 Å². The standard InChI is InChI=1S/C11H10ClFN2O.C6H6FNO/c1-6-11(12)7(2)15(14-6)9-4-3-8(13)5-10(9)16;7-4-1-2-5(8)6(9)3-4/h3-5,16H,1-2H3;1-3,9H,8H2. The molecule has 0 radical (unpaired) electrons. The van der Waals surface area contributed by atoms with E-state index < -0.39 is 11.6 Å². The van der Waals surface area contributed by atoms with Gasteiger partial charge in [-0.15, -0.1) is 0 Å². The fourth-order valence-corrected chi connectivity index (χ4v) is 2.17. The van der Waals surface area contributed by atoms with Crippen LogP contribution in [0.15, 0.2) is 36.4 Å². The first-order valence-electron chi connectivity index (χ1n) is 7.15. The molecule has 2 aromatic carbocycles. The molecule has 0 spiro atoms. The van der Waals surface area contributed by atoms with Crippen molar-refractivity contribution < 1.29 is 19.0 Å². The molecular weight excluding hydrogens is 352 g/mol. The fraction of sp³-hybridized carbons (Fsp3) is 0.118. The van der Waals surface area contributed by atoms with Gasteiger partial charge in [-0.05, 0) is 38.1 Å². The Kier molecular flexibility index (Phi) is 5.48. The van der Waals surface area contributed by atoms with Crippen molar-refractivity contribution >= 4 is 17.3 Å². The van der Waals surface area contributed by atoms with Gasteiger partial charge in [0, 0.05) is 12.1 Å². The average molecular weight is 368 g/mol. The second kappa shape index (κ2) is 7.40. The number of hydrogen-bond acceptors (Lipinski definition) is 4. The third-order valence-corrected chi connectivity index (χ3v) is 3.91. The first-order valence-corrected chi connectivity index (χ1v) is 7.53. The molecule has 0 unspecified atom stereocenters. The monoisotopic (exact) mass is 367 g/mol. The minimum Gasteiger partial charge on any atom is -0.506 e. The Morgan fingerprint density at radius 3 is 2.00 bits per heavy atom. The lowest BCUT2D eigenvalue weighted by atomic mass is 10.3. The predicted octanol–water partition coefficient (Wildman–Crippen LogP) is 4.10. The molecule has 1 aromatic heterocycles. The van der Waals surface area contributed by atoms with Crippen LogP contribution in [-0.4, -0.2) is 20.0 Å². The summed E-state index contributed by atoms with van der Waals surface area (Å²) in [6.07, 6.45) is 0. The van der Waals surface area contributed by atoms with Gasteiger partial charge in [-0.2, -0.15) is 5.10 Å². The maximum absolute atomic E-state index is 12.8. The number of aromatic nitrogens is 2. The highest BCUT2D eigenvalue weighted by molar-refractivity contribution is 6.31. The van der Waals surface area contributed by atoms with Gasteiger partial charge in [0.1, 0.15) is 28.8 Å². The van der Waals surface area contributed by atoms with Crippen molar-refractivity contribution in [1.29, 1.82) is 0 Å². The lowest BCUT2D eigenvalue weighted by Gasteiger charge is -2.06. The van der Waals surface area contributed by atoms with Gasteiger partial charge in [0.05, 0.1) is 22.1 Å². The summed E-state index contributed by atoms with van der Waals surface area (Å²) >= 11 is 5.99. The zero-order valence-corrected chi connectivity index (χ0v) is 14.2. The smallest absolute Gasteiger partial charge is 0.144 e. The van der Waals surface area contributed by atoms with Gasteiger partial charge < -0.3 is 15.9 Å². The molecule has 0 fully saturated rings. The third kappa shape index (κ3) is 4.19. The molecule has 0 saturated carbocycles. The van der Waals surface area contributed by atoms with Crippen molar-refractivity contribution in [2.45, 2.75) is 13.8 Å². The van der Waals surface area contributed by atoms with E-state index in [0.717, 1.165) is 12.1 Å². The average Bonchev–Trinajstić information content (AvgIpc) is 2.79. The minimum atomic E-state index is -0.492. The summed E-state index contributed by atoms with van der Waals surface area (Å²) in [5.74, 6) is -1.35. The largest absolute Gasteiger partial charge is 0.506 e. The number of nitrogen functional groups attached to an aromatic ring is 1. The second-order valence-corrected chi connectivity index (χ2v) is 5.61. The Morgan fingerprint density at radius 1 is 1.00 bits per heavy atom. The van der Waals surface area contributed by atoms with Crippen LogP contribution in [0.3, 0.4) is 0 Å². The molecule has 25 heavy (non-hydrogen) atoms. The van der Waals surface area contributed by atoms with Crippen LogP contribution in [0, 0.1) is 25.5 Å². The SMILES string of the molecule is Cc1nn(-c2ccc(F)cc2O)c(C)c1Cl.Nc1ccc(F)cc1O. The van der Waals surface area contributed by atoms with Crippen LogP contribution in [0.2, 0.25) is 5.02 Å². The molecule has 0 bridgehead atoms. The number of phenolic OH excluding ortho intramolecular Hbond substituents is 2. The van der Waals surface area contributed by atoms with Crippen molar-refractivity contribution in [3.63, 3.8) is 0 Å². The highest BCUT2D eigenvalue weighted by atomic mass is 35.5. The maximum atomic E-state index is 12.8. The molecule has 3 aromatic rings. The van der Waals surface area contributed by atoms with Gasteiger partial charge in [0.15, 0.2) is 0 Å². The van der Waals surface area contributed by atoms with E-state index in [4.69, 9.17) is 22.4 Å². The lowest BCUT2D eigenvalue weighted by molar-refractivity contribution is 0.463. The van der Waals surface area contributed by atoms with Gasteiger partial charge in [-0.3, -0.25) is 0 Å². The number of rotatable bonds is 1. The molecule has 4 N–H and O–H groups in total. The lowest BCUT2D eigenvalue weighted by Crippen LogP contribution is -1.99. The molecule has 132 valence electrons. The van der Waals surface area contributed by atoms with Crippen LogP contribution >= 0.6 is 11.6 Å². The number of halogens is 3. The summed E-state index contributed by atoms with van der Waals surface area (Å²) in [6, 6.07) is 7.23. The van der Waals surface area contributed by atoms with Crippen LogP contribution in [0.5, 0.6) is 11.5 Å². The zero-order valence-electron chi connectivity index (χ0n) is 13.5. The number of anilines is 1. The molecule has 1 heterocycles. The number of hydrogen-bond donors (Lipinski definition) is 3. The molecule has 0 atom stereocenters. The number of aromatic hydroxyl groups is 2. The van der Waals surface area contributed by atoms with Gasteiger partial charge >= 0.3 is 0 Å². The number of nitrogens with zero attached hydrogens (tertiary/aromatic N) is 2. The molecular formula is C17H16ClF2N3O2. The topological polar surface area (TPSA) is 84.3 Å². The first kappa shape index (κ1) is 18.5. The van der Waals surface area contributed by atoms with E-state index in [-0.39, 0.29) is 17.2 Å². The van der Waals surface area contributed by atoms with Crippen LogP contribution in [0.4, 0.5) is 14.5 Å². The van der Waals surface area contributed by atoms with E-state index in [0.29, 0.717) is 22.1 Å². The van der Waals surface area contributed by atoms with Crippen LogP contribution in [-0.2, 0) is 0 Å². The number of aryl methyl sites for hydroxylation is 1. The Balaban J connectivity index is 0.000000212. The van der Waals surface area contributed by atoms with Crippen molar-refractivity contribution in [2.24, 2.45) is 0 Å². The Hall–Kier alpha value is -2.80. The molecule has 0 aliphatic rings. The number of benzene rings is 2. The molecule has 3 rings (SSSR count). The summed E-state index contributed by atoms with van der Waals surface area (Å²) in [5.41, 5.74) is 7.15. The third-order valence-electron chi connectivity index (χ3n) is 3.36. The number of nitrogens with two attached hydrogens (primary N) is 1. The molecule has 5 nitrogen and oxygen atoms in total. The molecule has 0 amide bonds.